The number of phenols is 1. The van der Waals surface area contributed by atoms with E-state index in [0.717, 1.165) is 36.6 Å². The molecule has 5 atom stereocenters. The van der Waals surface area contributed by atoms with Gasteiger partial charge in [0.1, 0.15) is 5.75 Å². The van der Waals surface area contributed by atoms with Crippen molar-refractivity contribution < 1.29 is 9.90 Å². The number of Topliss-reactive ketones (excluding diaryl/α,β-unsaturated/α-hetero) is 1. The van der Waals surface area contributed by atoms with E-state index in [-0.39, 0.29) is 10.2 Å². The number of hydrogen-bond acceptors (Lipinski definition) is 2. The third-order valence-corrected chi connectivity index (χ3v) is 8.20. The minimum absolute atomic E-state index is 0.0502. The minimum Gasteiger partial charge on any atom is -0.507 e. The van der Waals surface area contributed by atoms with E-state index in [1.54, 1.807) is 0 Å². The average molecular weight is 428 g/mol. The van der Waals surface area contributed by atoms with Gasteiger partial charge in [-0.15, -0.1) is 0 Å². The Morgan fingerprint density at radius 1 is 1.32 bits per heavy atom. The number of carbonyl (C=O) groups is 1. The maximum absolute atomic E-state index is 12.6. The predicted octanol–water partition coefficient (Wildman–Crippen LogP) is 4.95. The van der Waals surface area contributed by atoms with Crippen molar-refractivity contribution in [3.8, 4) is 5.75 Å². The van der Waals surface area contributed by atoms with E-state index >= 15 is 0 Å². The lowest BCUT2D eigenvalue weighted by atomic mass is 9.55. The standard InChI is InChI=1S/C18H20Br2O2/c1-18-7-6-10-9-4-5-15(21)16(20)12(9)3-2-11(10)13(18)8-14(19)17(18)22/h4-5,10-11,13-14,21H,2-3,6-8H2,1H3/t10-,11-,13+,14-,18+/m0/s1. The normalized spacial score (nSPS) is 40.0. The molecule has 1 N–H and O–H groups in total. The van der Waals surface area contributed by atoms with Crippen LogP contribution < -0.4 is 0 Å². The monoisotopic (exact) mass is 426 g/mol. The molecule has 1 aromatic carbocycles. The number of ketones is 1. The second-order valence-corrected chi connectivity index (χ2v) is 9.30. The summed E-state index contributed by atoms with van der Waals surface area (Å²) in [5, 5.41) is 9.93. The molecule has 0 amide bonds. The number of aromatic hydroxyl groups is 1. The Bertz CT molecular complexity index is 657. The molecule has 22 heavy (non-hydrogen) atoms. The van der Waals surface area contributed by atoms with Gasteiger partial charge in [-0.25, -0.2) is 0 Å². The summed E-state index contributed by atoms with van der Waals surface area (Å²) in [4.78, 5) is 12.6. The first-order chi connectivity index (χ1) is 10.4. The smallest absolute Gasteiger partial charge is 0.152 e. The lowest BCUT2D eigenvalue weighted by molar-refractivity contribution is -0.128. The van der Waals surface area contributed by atoms with Gasteiger partial charge in [-0.05, 0) is 83.0 Å². The molecule has 2 fully saturated rings. The lowest BCUT2D eigenvalue weighted by Gasteiger charge is -2.48. The average Bonchev–Trinajstić information content (AvgIpc) is 2.74. The second kappa shape index (κ2) is 5.07. The van der Waals surface area contributed by atoms with Crippen LogP contribution in [0.15, 0.2) is 16.6 Å². The highest BCUT2D eigenvalue weighted by atomic mass is 79.9. The largest absolute Gasteiger partial charge is 0.507 e. The van der Waals surface area contributed by atoms with Crippen LogP contribution in [0.3, 0.4) is 0 Å². The summed E-state index contributed by atoms with van der Waals surface area (Å²) in [5.74, 6) is 2.42. The number of carbonyl (C=O) groups excluding carboxylic acids is 1. The van der Waals surface area contributed by atoms with Gasteiger partial charge in [0.25, 0.3) is 0 Å². The van der Waals surface area contributed by atoms with Crippen LogP contribution in [-0.2, 0) is 11.2 Å². The van der Waals surface area contributed by atoms with Crippen LogP contribution in [0.5, 0.6) is 5.75 Å². The van der Waals surface area contributed by atoms with Crippen LogP contribution in [0.25, 0.3) is 0 Å². The summed E-state index contributed by atoms with van der Waals surface area (Å²) in [7, 11) is 0. The summed E-state index contributed by atoms with van der Waals surface area (Å²) >= 11 is 7.17. The van der Waals surface area contributed by atoms with E-state index in [0.29, 0.717) is 29.3 Å². The van der Waals surface area contributed by atoms with E-state index in [2.05, 4.69) is 44.8 Å². The zero-order chi connectivity index (χ0) is 15.6. The van der Waals surface area contributed by atoms with Crippen molar-refractivity contribution in [1.29, 1.82) is 0 Å². The first kappa shape index (κ1) is 15.2. The molecule has 3 aliphatic rings. The molecule has 4 heteroatoms. The maximum Gasteiger partial charge on any atom is 0.152 e. The SMILES string of the molecule is C[C@@]12CC[C@H]3c4ccc(O)c(Br)c4CC[C@@H]3[C@H]1C[C@H](Br)C2=O. The first-order valence-electron chi connectivity index (χ1n) is 8.12. The van der Waals surface area contributed by atoms with Gasteiger partial charge in [-0.3, -0.25) is 4.79 Å². The fraction of sp³-hybridized carbons (Fsp3) is 0.611. The molecule has 0 spiro atoms. The molecular weight excluding hydrogens is 408 g/mol. The summed E-state index contributed by atoms with van der Waals surface area (Å²) < 4.78 is 0.873. The molecule has 0 heterocycles. The zero-order valence-electron chi connectivity index (χ0n) is 12.6. The van der Waals surface area contributed by atoms with Crippen molar-refractivity contribution in [2.24, 2.45) is 17.3 Å². The third-order valence-electron chi connectivity index (χ3n) is 6.52. The Balaban J connectivity index is 1.75. The number of rotatable bonds is 0. The van der Waals surface area contributed by atoms with E-state index in [1.807, 2.05) is 6.07 Å². The fourth-order valence-electron chi connectivity index (χ4n) is 5.36. The number of halogens is 2. The highest BCUT2D eigenvalue weighted by Crippen LogP contribution is 2.61. The summed E-state index contributed by atoms with van der Waals surface area (Å²) in [6, 6.07) is 3.92. The zero-order valence-corrected chi connectivity index (χ0v) is 15.8. The van der Waals surface area contributed by atoms with Crippen LogP contribution in [0, 0.1) is 17.3 Å². The quantitative estimate of drug-likeness (QED) is 0.594. The Kier molecular flexibility index (Phi) is 3.50. The second-order valence-electron chi connectivity index (χ2n) is 7.41. The summed E-state index contributed by atoms with van der Waals surface area (Å²) in [6.45, 7) is 2.19. The van der Waals surface area contributed by atoms with E-state index in [9.17, 15) is 9.90 Å². The highest BCUT2D eigenvalue weighted by Gasteiger charge is 2.57. The van der Waals surface area contributed by atoms with Crippen molar-refractivity contribution in [2.75, 3.05) is 0 Å². The number of benzene rings is 1. The van der Waals surface area contributed by atoms with Gasteiger partial charge in [-0.2, -0.15) is 0 Å². The topological polar surface area (TPSA) is 37.3 Å². The molecule has 4 rings (SSSR count). The Hall–Kier alpha value is -0.350. The fourth-order valence-corrected chi connectivity index (χ4v) is 6.85. The maximum atomic E-state index is 12.6. The van der Waals surface area contributed by atoms with Gasteiger partial charge in [-0.1, -0.05) is 28.9 Å². The number of hydrogen-bond donors (Lipinski definition) is 1. The lowest BCUT2D eigenvalue weighted by Crippen LogP contribution is -2.42. The third kappa shape index (κ3) is 1.92. The molecule has 1 aromatic rings. The van der Waals surface area contributed by atoms with Gasteiger partial charge in [0.15, 0.2) is 5.78 Å². The van der Waals surface area contributed by atoms with Crippen molar-refractivity contribution in [3.05, 3.63) is 27.7 Å². The highest BCUT2D eigenvalue weighted by molar-refractivity contribution is 9.10. The molecule has 2 saturated carbocycles. The Morgan fingerprint density at radius 2 is 2.09 bits per heavy atom. The summed E-state index contributed by atoms with van der Waals surface area (Å²) in [5.41, 5.74) is 2.55. The Morgan fingerprint density at radius 3 is 2.86 bits per heavy atom. The van der Waals surface area contributed by atoms with Crippen LogP contribution >= 0.6 is 31.9 Å². The molecule has 0 unspecified atom stereocenters. The van der Waals surface area contributed by atoms with Crippen molar-refractivity contribution >= 4 is 37.6 Å². The van der Waals surface area contributed by atoms with E-state index < -0.39 is 0 Å². The van der Waals surface area contributed by atoms with Gasteiger partial charge in [0.05, 0.1) is 9.30 Å². The summed E-state index contributed by atoms with van der Waals surface area (Å²) in [6.07, 6.45) is 5.21. The molecule has 0 bridgehead atoms. The molecule has 0 radical (unpaired) electrons. The predicted molar refractivity (Wildman–Crippen MR) is 93.5 cm³/mol. The van der Waals surface area contributed by atoms with Crippen LogP contribution in [0.1, 0.15) is 49.7 Å². The van der Waals surface area contributed by atoms with Crippen LogP contribution in [0.2, 0.25) is 0 Å². The Labute approximate surface area is 147 Å². The van der Waals surface area contributed by atoms with Gasteiger partial charge in [0, 0.05) is 5.41 Å². The van der Waals surface area contributed by atoms with E-state index in [1.165, 1.54) is 11.1 Å². The molecule has 2 nitrogen and oxygen atoms in total. The molecule has 0 aromatic heterocycles. The van der Waals surface area contributed by atoms with Gasteiger partial charge in [0.2, 0.25) is 0 Å². The minimum atomic E-state index is -0.124. The van der Waals surface area contributed by atoms with Crippen LogP contribution in [0.4, 0.5) is 0 Å². The molecular formula is C18H20Br2O2. The van der Waals surface area contributed by atoms with Crippen molar-refractivity contribution in [2.45, 2.75) is 49.8 Å². The molecule has 0 saturated heterocycles. The first-order valence-corrected chi connectivity index (χ1v) is 9.83. The van der Waals surface area contributed by atoms with Gasteiger partial charge < -0.3 is 5.11 Å². The van der Waals surface area contributed by atoms with Crippen molar-refractivity contribution in [1.82, 2.24) is 0 Å². The number of phenolic OH excluding ortho intramolecular Hbond substituents is 1. The number of fused-ring (bicyclic) bond motifs is 5. The molecule has 0 aliphatic heterocycles. The van der Waals surface area contributed by atoms with E-state index in [4.69, 9.17) is 0 Å². The molecule has 3 aliphatic carbocycles. The van der Waals surface area contributed by atoms with Gasteiger partial charge >= 0.3 is 0 Å². The van der Waals surface area contributed by atoms with Crippen LogP contribution in [-0.4, -0.2) is 15.7 Å². The molecule has 118 valence electrons. The number of alkyl halides is 1. The van der Waals surface area contributed by atoms with Crippen molar-refractivity contribution in [3.63, 3.8) is 0 Å².